The van der Waals surface area contributed by atoms with Crippen molar-refractivity contribution >= 4 is 0 Å². The van der Waals surface area contributed by atoms with Crippen molar-refractivity contribution in [2.75, 3.05) is 13.7 Å². The van der Waals surface area contributed by atoms with E-state index in [2.05, 4.69) is 31.0 Å². The van der Waals surface area contributed by atoms with Gasteiger partial charge in [-0.25, -0.2) is 0 Å². The smallest absolute Gasteiger partial charge is 0.118 e. The summed E-state index contributed by atoms with van der Waals surface area (Å²) in [5, 5.41) is 3.57. The van der Waals surface area contributed by atoms with Crippen LogP contribution >= 0.6 is 0 Å². The molecule has 1 aromatic rings. The van der Waals surface area contributed by atoms with Crippen molar-refractivity contribution in [1.82, 2.24) is 5.32 Å². The minimum atomic E-state index is 0.546. The summed E-state index contributed by atoms with van der Waals surface area (Å²) in [6, 6.07) is 8.88. The lowest BCUT2D eigenvalue weighted by molar-refractivity contribution is 0.414. The van der Waals surface area contributed by atoms with Gasteiger partial charge in [-0.2, -0.15) is 0 Å². The quantitative estimate of drug-likeness (QED) is 0.674. The molecule has 0 aliphatic rings. The first-order valence-corrected chi connectivity index (χ1v) is 6.77. The minimum Gasteiger partial charge on any atom is -0.497 e. The molecule has 1 unspecified atom stereocenters. The van der Waals surface area contributed by atoms with Crippen LogP contribution in [-0.2, 0) is 6.42 Å². The van der Waals surface area contributed by atoms with E-state index in [1.807, 2.05) is 18.2 Å². The van der Waals surface area contributed by atoms with Crippen LogP contribution in [0.25, 0.3) is 0 Å². The zero-order valence-electron chi connectivity index (χ0n) is 11.6. The molecule has 1 N–H and O–H groups in total. The molecule has 0 aliphatic carbocycles. The third-order valence-electron chi connectivity index (χ3n) is 3.07. The van der Waals surface area contributed by atoms with Crippen LogP contribution < -0.4 is 10.1 Å². The zero-order valence-corrected chi connectivity index (χ0v) is 11.6. The number of ether oxygens (including phenoxy) is 1. The zero-order chi connectivity index (χ0) is 13.2. The molecule has 0 heterocycles. The number of rotatable bonds is 9. The lowest BCUT2D eigenvalue weighted by Gasteiger charge is -2.16. The second kappa shape index (κ2) is 8.76. The van der Waals surface area contributed by atoms with Crippen LogP contribution in [0.5, 0.6) is 5.75 Å². The number of hydrogen-bond acceptors (Lipinski definition) is 2. The Balaban J connectivity index is 2.41. The molecule has 0 saturated carbocycles. The van der Waals surface area contributed by atoms with Gasteiger partial charge in [0, 0.05) is 6.04 Å². The van der Waals surface area contributed by atoms with Crippen molar-refractivity contribution < 1.29 is 4.74 Å². The van der Waals surface area contributed by atoms with Gasteiger partial charge in [-0.15, -0.1) is 6.58 Å². The fourth-order valence-electron chi connectivity index (χ4n) is 1.99. The first-order valence-electron chi connectivity index (χ1n) is 6.77. The highest BCUT2D eigenvalue weighted by Gasteiger charge is 2.05. The molecule has 0 spiro atoms. The van der Waals surface area contributed by atoms with Crippen LogP contribution in [0.4, 0.5) is 0 Å². The van der Waals surface area contributed by atoms with Crippen LogP contribution in [0.2, 0.25) is 0 Å². The Morgan fingerprint density at radius 2 is 2.06 bits per heavy atom. The normalized spacial score (nSPS) is 12.1. The highest BCUT2D eigenvalue weighted by atomic mass is 16.5. The Labute approximate surface area is 111 Å². The minimum absolute atomic E-state index is 0.546. The van der Waals surface area contributed by atoms with E-state index in [-0.39, 0.29) is 0 Å². The van der Waals surface area contributed by atoms with Crippen molar-refractivity contribution in [2.45, 2.75) is 38.6 Å². The molecule has 0 aromatic heterocycles. The van der Waals surface area contributed by atoms with Gasteiger partial charge in [0.1, 0.15) is 5.75 Å². The fourth-order valence-corrected chi connectivity index (χ4v) is 1.99. The van der Waals surface area contributed by atoms with Gasteiger partial charge in [0.05, 0.1) is 7.11 Å². The summed E-state index contributed by atoms with van der Waals surface area (Å²) in [7, 11) is 1.70. The van der Waals surface area contributed by atoms with Crippen molar-refractivity contribution in [3.8, 4) is 5.75 Å². The second-order valence-corrected chi connectivity index (χ2v) is 4.56. The van der Waals surface area contributed by atoms with Gasteiger partial charge in [-0.1, -0.05) is 25.1 Å². The van der Waals surface area contributed by atoms with Crippen LogP contribution in [0.15, 0.2) is 36.9 Å². The average Bonchev–Trinajstić information content (AvgIpc) is 2.42. The van der Waals surface area contributed by atoms with Gasteiger partial charge in [-0.3, -0.25) is 0 Å². The number of nitrogens with one attached hydrogen (secondary N) is 1. The Bertz CT molecular complexity index is 331. The third-order valence-corrected chi connectivity index (χ3v) is 3.07. The van der Waals surface area contributed by atoms with Crippen molar-refractivity contribution in [3.05, 3.63) is 42.5 Å². The van der Waals surface area contributed by atoms with Gasteiger partial charge in [-0.05, 0) is 49.9 Å². The van der Waals surface area contributed by atoms with E-state index < -0.39 is 0 Å². The first kappa shape index (κ1) is 14.8. The molecule has 0 saturated heterocycles. The monoisotopic (exact) mass is 247 g/mol. The average molecular weight is 247 g/mol. The Kier molecular flexibility index (Phi) is 7.19. The maximum Gasteiger partial charge on any atom is 0.118 e. The molecule has 1 aromatic carbocycles. The fraction of sp³-hybridized carbons (Fsp3) is 0.500. The summed E-state index contributed by atoms with van der Waals surface area (Å²) in [5.74, 6) is 0.922. The number of aryl methyl sites for hydroxylation is 1. The molecule has 0 amide bonds. The molecule has 0 fully saturated rings. The maximum atomic E-state index is 5.16. The summed E-state index contributed by atoms with van der Waals surface area (Å²) in [6.07, 6.45) is 6.46. The summed E-state index contributed by atoms with van der Waals surface area (Å²) in [5.41, 5.74) is 1.36. The molecular weight excluding hydrogens is 222 g/mol. The van der Waals surface area contributed by atoms with Crippen LogP contribution in [-0.4, -0.2) is 19.7 Å². The molecule has 0 bridgehead atoms. The summed E-state index contributed by atoms with van der Waals surface area (Å²) >= 11 is 0. The van der Waals surface area contributed by atoms with Gasteiger partial charge < -0.3 is 10.1 Å². The number of methoxy groups -OCH3 is 1. The molecule has 2 heteroatoms. The van der Waals surface area contributed by atoms with E-state index in [9.17, 15) is 0 Å². The second-order valence-electron chi connectivity index (χ2n) is 4.56. The summed E-state index contributed by atoms with van der Waals surface area (Å²) in [6.45, 7) is 7.11. The molecule has 1 rings (SSSR count). The number of hydrogen-bond donors (Lipinski definition) is 1. The topological polar surface area (TPSA) is 21.3 Å². The van der Waals surface area contributed by atoms with Crippen LogP contribution in [0, 0.1) is 0 Å². The largest absolute Gasteiger partial charge is 0.497 e. The molecule has 1 atom stereocenters. The van der Waals surface area contributed by atoms with E-state index in [4.69, 9.17) is 4.74 Å². The molecule has 0 aliphatic heterocycles. The molecule has 18 heavy (non-hydrogen) atoms. The van der Waals surface area contributed by atoms with Gasteiger partial charge in [0.15, 0.2) is 0 Å². The van der Waals surface area contributed by atoms with Crippen molar-refractivity contribution in [2.24, 2.45) is 0 Å². The molecule has 100 valence electrons. The Morgan fingerprint density at radius 1 is 1.33 bits per heavy atom. The summed E-state index contributed by atoms with van der Waals surface area (Å²) in [4.78, 5) is 0. The Morgan fingerprint density at radius 3 is 2.61 bits per heavy atom. The standard InChI is InChI=1S/C16H25NO/c1-4-6-15(17-13-5-2)10-7-14-8-11-16(18-3)12-9-14/h4,8-9,11-12,15,17H,1,5-7,10,13H2,2-3H3. The van der Waals surface area contributed by atoms with Gasteiger partial charge in [0.25, 0.3) is 0 Å². The summed E-state index contributed by atoms with van der Waals surface area (Å²) < 4.78 is 5.16. The van der Waals surface area contributed by atoms with Crippen LogP contribution in [0.1, 0.15) is 31.7 Å². The molecule has 2 nitrogen and oxygen atoms in total. The molecule has 0 radical (unpaired) electrons. The lowest BCUT2D eigenvalue weighted by Crippen LogP contribution is -2.29. The van der Waals surface area contributed by atoms with Crippen molar-refractivity contribution in [3.63, 3.8) is 0 Å². The van der Waals surface area contributed by atoms with E-state index in [1.165, 1.54) is 12.0 Å². The van der Waals surface area contributed by atoms with E-state index in [0.29, 0.717) is 6.04 Å². The lowest BCUT2D eigenvalue weighted by atomic mass is 10.0. The number of benzene rings is 1. The van der Waals surface area contributed by atoms with Crippen molar-refractivity contribution in [1.29, 1.82) is 0 Å². The third kappa shape index (κ3) is 5.37. The predicted octanol–water partition coefficient (Wildman–Crippen LogP) is 3.57. The van der Waals surface area contributed by atoms with E-state index >= 15 is 0 Å². The maximum absolute atomic E-state index is 5.16. The Hall–Kier alpha value is -1.28. The first-order chi connectivity index (χ1) is 8.80. The highest BCUT2D eigenvalue weighted by Crippen LogP contribution is 2.14. The van der Waals surface area contributed by atoms with E-state index in [1.54, 1.807) is 7.11 Å². The predicted molar refractivity (Wildman–Crippen MR) is 78.2 cm³/mol. The van der Waals surface area contributed by atoms with Gasteiger partial charge in [0.2, 0.25) is 0 Å². The van der Waals surface area contributed by atoms with Crippen LogP contribution in [0.3, 0.4) is 0 Å². The molecular formula is C16H25NO. The highest BCUT2D eigenvalue weighted by molar-refractivity contribution is 5.27. The van der Waals surface area contributed by atoms with E-state index in [0.717, 1.165) is 31.6 Å². The SMILES string of the molecule is C=CCC(CCc1ccc(OC)cc1)NCCC. The van der Waals surface area contributed by atoms with Gasteiger partial charge >= 0.3 is 0 Å².